The lowest BCUT2D eigenvalue weighted by molar-refractivity contribution is 0.0531. The standard InChI is InChI=1S/C14H14N2O2S/c1-3-18-14(17)13-10(2)8-12(19-13)16-9-11-6-4-5-7-15-11/h4-9H,3H2,1-2H3. The molecule has 0 unspecified atom stereocenters. The lowest BCUT2D eigenvalue weighted by atomic mass is 10.3. The molecule has 5 heteroatoms. The highest BCUT2D eigenvalue weighted by molar-refractivity contribution is 7.17. The molecule has 0 aliphatic rings. The van der Waals surface area contributed by atoms with Gasteiger partial charge in [-0.2, -0.15) is 0 Å². The van der Waals surface area contributed by atoms with Gasteiger partial charge >= 0.3 is 5.97 Å². The number of aryl methyl sites for hydroxylation is 1. The molecule has 0 aliphatic heterocycles. The van der Waals surface area contributed by atoms with Crippen molar-refractivity contribution in [2.45, 2.75) is 13.8 Å². The first kappa shape index (κ1) is 13.4. The molecule has 0 spiro atoms. The quantitative estimate of drug-likeness (QED) is 0.634. The Kier molecular flexibility index (Phi) is 4.41. The van der Waals surface area contributed by atoms with Gasteiger partial charge in [0.15, 0.2) is 0 Å². The van der Waals surface area contributed by atoms with Crippen LogP contribution in [-0.2, 0) is 4.74 Å². The van der Waals surface area contributed by atoms with Gasteiger partial charge in [0.2, 0.25) is 0 Å². The average molecular weight is 274 g/mol. The molecule has 4 nitrogen and oxygen atoms in total. The summed E-state index contributed by atoms with van der Waals surface area (Å²) in [4.78, 5) is 20.8. The van der Waals surface area contributed by atoms with Crippen LogP contribution in [-0.4, -0.2) is 23.8 Å². The normalized spacial score (nSPS) is 10.8. The Morgan fingerprint density at radius 1 is 1.53 bits per heavy atom. The molecule has 0 bridgehead atoms. The summed E-state index contributed by atoms with van der Waals surface area (Å²) in [5.74, 6) is -0.288. The Balaban J connectivity index is 2.16. The summed E-state index contributed by atoms with van der Waals surface area (Å²) in [7, 11) is 0. The van der Waals surface area contributed by atoms with Crippen molar-refractivity contribution in [2.24, 2.45) is 4.99 Å². The molecule has 2 heterocycles. The topological polar surface area (TPSA) is 51.5 Å². The predicted molar refractivity (Wildman–Crippen MR) is 76.5 cm³/mol. The average Bonchev–Trinajstić information content (AvgIpc) is 2.79. The number of thiophene rings is 1. The summed E-state index contributed by atoms with van der Waals surface area (Å²) >= 11 is 1.33. The molecular formula is C14H14N2O2S. The van der Waals surface area contributed by atoms with Crippen LogP contribution in [0.25, 0.3) is 0 Å². The summed E-state index contributed by atoms with van der Waals surface area (Å²) in [6, 6.07) is 7.50. The van der Waals surface area contributed by atoms with Crippen molar-refractivity contribution in [3.8, 4) is 0 Å². The zero-order valence-electron chi connectivity index (χ0n) is 10.8. The number of aliphatic imine (C=N–C) groups is 1. The Morgan fingerprint density at radius 3 is 3.05 bits per heavy atom. The van der Waals surface area contributed by atoms with Gasteiger partial charge in [-0.1, -0.05) is 6.07 Å². The number of ether oxygens (including phenoxy) is 1. The minimum Gasteiger partial charge on any atom is -0.462 e. The van der Waals surface area contributed by atoms with E-state index in [0.717, 1.165) is 16.3 Å². The fraction of sp³-hybridized carbons (Fsp3) is 0.214. The van der Waals surface area contributed by atoms with E-state index in [2.05, 4.69) is 9.98 Å². The first-order valence-corrected chi connectivity index (χ1v) is 6.75. The molecule has 98 valence electrons. The Bertz CT molecular complexity index is 591. The van der Waals surface area contributed by atoms with Crippen molar-refractivity contribution < 1.29 is 9.53 Å². The zero-order chi connectivity index (χ0) is 13.7. The number of aromatic nitrogens is 1. The molecule has 0 aliphatic carbocycles. The van der Waals surface area contributed by atoms with Crippen molar-refractivity contribution in [1.29, 1.82) is 0 Å². The fourth-order valence-corrected chi connectivity index (χ4v) is 2.42. The van der Waals surface area contributed by atoms with Crippen LogP contribution in [0, 0.1) is 6.92 Å². The first-order chi connectivity index (χ1) is 9.20. The third kappa shape index (κ3) is 3.48. The van der Waals surface area contributed by atoms with Crippen LogP contribution in [0.15, 0.2) is 35.5 Å². The second-order valence-electron chi connectivity index (χ2n) is 3.83. The number of rotatable bonds is 4. The number of hydrogen-bond donors (Lipinski definition) is 0. The predicted octanol–water partition coefficient (Wildman–Crippen LogP) is 3.38. The van der Waals surface area contributed by atoms with E-state index in [4.69, 9.17) is 4.74 Å². The molecule has 0 radical (unpaired) electrons. The summed E-state index contributed by atoms with van der Waals surface area (Å²) in [5, 5.41) is 0.770. The zero-order valence-corrected chi connectivity index (χ0v) is 11.6. The van der Waals surface area contributed by atoms with Gasteiger partial charge in [0.05, 0.1) is 18.5 Å². The first-order valence-electron chi connectivity index (χ1n) is 5.93. The molecule has 0 amide bonds. The molecule has 0 saturated carbocycles. The number of hydrogen-bond acceptors (Lipinski definition) is 5. The van der Waals surface area contributed by atoms with E-state index in [1.807, 2.05) is 31.2 Å². The Labute approximate surface area is 115 Å². The lowest BCUT2D eigenvalue weighted by Gasteiger charge is -1.98. The van der Waals surface area contributed by atoms with Crippen molar-refractivity contribution in [1.82, 2.24) is 4.98 Å². The molecule has 0 N–H and O–H groups in total. The van der Waals surface area contributed by atoms with Gasteiger partial charge in [0.1, 0.15) is 9.88 Å². The Morgan fingerprint density at radius 2 is 2.37 bits per heavy atom. The van der Waals surface area contributed by atoms with Crippen molar-refractivity contribution >= 4 is 28.5 Å². The maximum Gasteiger partial charge on any atom is 0.348 e. The number of nitrogens with zero attached hydrogens (tertiary/aromatic N) is 2. The monoisotopic (exact) mass is 274 g/mol. The van der Waals surface area contributed by atoms with Crippen LogP contribution in [0.1, 0.15) is 27.9 Å². The highest BCUT2D eigenvalue weighted by atomic mass is 32.1. The molecule has 0 aromatic carbocycles. The van der Waals surface area contributed by atoms with Crippen LogP contribution >= 0.6 is 11.3 Å². The van der Waals surface area contributed by atoms with Crippen LogP contribution in [0.5, 0.6) is 0 Å². The molecule has 19 heavy (non-hydrogen) atoms. The van der Waals surface area contributed by atoms with Crippen molar-refractivity contribution in [2.75, 3.05) is 6.61 Å². The van der Waals surface area contributed by atoms with Crippen LogP contribution < -0.4 is 0 Å². The molecule has 2 aromatic heterocycles. The second-order valence-corrected chi connectivity index (χ2v) is 4.86. The van der Waals surface area contributed by atoms with E-state index in [1.54, 1.807) is 19.3 Å². The lowest BCUT2D eigenvalue weighted by Crippen LogP contribution is -2.03. The van der Waals surface area contributed by atoms with E-state index in [9.17, 15) is 4.79 Å². The van der Waals surface area contributed by atoms with Gasteiger partial charge in [-0.3, -0.25) is 4.98 Å². The van der Waals surface area contributed by atoms with Gasteiger partial charge < -0.3 is 4.74 Å². The number of carbonyl (C=O) groups is 1. The van der Waals surface area contributed by atoms with E-state index in [1.165, 1.54) is 11.3 Å². The van der Waals surface area contributed by atoms with Crippen molar-refractivity contribution in [3.63, 3.8) is 0 Å². The van der Waals surface area contributed by atoms with Gasteiger partial charge in [-0.15, -0.1) is 11.3 Å². The highest BCUT2D eigenvalue weighted by Gasteiger charge is 2.13. The fourth-order valence-electron chi connectivity index (χ4n) is 1.51. The van der Waals surface area contributed by atoms with E-state index < -0.39 is 0 Å². The molecule has 0 saturated heterocycles. The largest absolute Gasteiger partial charge is 0.462 e. The molecule has 0 fully saturated rings. The van der Waals surface area contributed by atoms with Gasteiger partial charge in [0.25, 0.3) is 0 Å². The number of carbonyl (C=O) groups excluding carboxylic acids is 1. The number of esters is 1. The third-order valence-corrected chi connectivity index (χ3v) is 3.50. The van der Waals surface area contributed by atoms with Gasteiger partial charge in [-0.05, 0) is 37.6 Å². The van der Waals surface area contributed by atoms with Gasteiger partial charge in [-0.25, -0.2) is 9.79 Å². The van der Waals surface area contributed by atoms with Crippen molar-refractivity contribution in [3.05, 3.63) is 46.6 Å². The molecule has 2 rings (SSSR count). The van der Waals surface area contributed by atoms with E-state index in [0.29, 0.717) is 11.5 Å². The SMILES string of the molecule is CCOC(=O)c1sc(N=Cc2ccccn2)cc1C. The second kappa shape index (κ2) is 6.24. The van der Waals surface area contributed by atoms with E-state index >= 15 is 0 Å². The summed E-state index contributed by atoms with van der Waals surface area (Å²) in [6.07, 6.45) is 3.39. The summed E-state index contributed by atoms with van der Waals surface area (Å²) < 4.78 is 4.99. The smallest absolute Gasteiger partial charge is 0.348 e. The third-order valence-electron chi connectivity index (χ3n) is 2.38. The van der Waals surface area contributed by atoms with Crippen LogP contribution in [0.4, 0.5) is 5.00 Å². The highest BCUT2D eigenvalue weighted by Crippen LogP contribution is 2.29. The van der Waals surface area contributed by atoms with E-state index in [-0.39, 0.29) is 5.97 Å². The molecular weight excluding hydrogens is 260 g/mol. The molecule has 2 aromatic rings. The minimum atomic E-state index is -0.288. The van der Waals surface area contributed by atoms with Crippen LogP contribution in [0.3, 0.4) is 0 Å². The Hall–Kier alpha value is -2.01. The summed E-state index contributed by atoms with van der Waals surface area (Å²) in [6.45, 7) is 4.05. The minimum absolute atomic E-state index is 0.288. The van der Waals surface area contributed by atoms with Crippen LogP contribution in [0.2, 0.25) is 0 Å². The molecule has 0 atom stereocenters. The van der Waals surface area contributed by atoms with Gasteiger partial charge in [0, 0.05) is 6.20 Å². The summed E-state index contributed by atoms with van der Waals surface area (Å²) in [5.41, 5.74) is 1.67. The maximum absolute atomic E-state index is 11.7. The maximum atomic E-state index is 11.7. The number of pyridine rings is 1.